The lowest BCUT2D eigenvalue weighted by Gasteiger charge is -2.35. The van der Waals surface area contributed by atoms with E-state index in [0.717, 1.165) is 5.69 Å². The predicted molar refractivity (Wildman–Crippen MR) is 135 cm³/mol. The molecule has 0 spiro atoms. The fourth-order valence-corrected chi connectivity index (χ4v) is 4.95. The largest absolute Gasteiger partial charge is 0.508 e. The van der Waals surface area contributed by atoms with Crippen LogP contribution < -0.4 is 9.62 Å². The number of sulfonamides is 1. The Morgan fingerprint density at radius 1 is 0.912 bits per heavy atom. The summed E-state index contributed by atoms with van der Waals surface area (Å²) in [4.78, 5) is 16.6. The maximum Gasteiger partial charge on any atom is 0.261 e. The molecule has 0 bridgehead atoms. The van der Waals surface area contributed by atoms with Gasteiger partial charge in [0.15, 0.2) is 0 Å². The SMILES string of the molecule is O=C(/C=C/c1ccc(S(=O)(=O)Nc2ccccc2Cl)cc1)N1CCN(c2ccc(O)cc2)CC1. The minimum Gasteiger partial charge on any atom is -0.508 e. The maximum absolute atomic E-state index is 12.6. The highest BCUT2D eigenvalue weighted by Crippen LogP contribution is 2.24. The number of phenols is 1. The Hall–Kier alpha value is -3.49. The molecule has 4 rings (SSSR count). The van der Waals surface area contributed by atoms with Crippen LogP contribution in [0.4, 0.5) is 11.4 Å². The van der Waals surface area contributed by atoms with Crippen LogP contribution >= 0.6 is 11.6 Å². The molecule has 0 unspecified atom stereocenters. The van der Waals surface area contributed by atoms with Crippen molar-refractivity contribution in [2.75, 3.05) is 35.8 Å². The number of aromatic hydroxyl groups is 1. The van der Waals surface area contributed by atoms with Crippen molar-refractivity contribution in [3.05, 3.63) is 89.5 Å². The lowest BCUT2D eigenvalue weighted by Crippen LogP contribution is -2.48. The molecule has 176 valence electrons. The highest BCUT2D eigenvalue weighted by molar-refractivity contribution is 7.92. The average molecular weight is 498 g/mol. The van der Waals surface area contributed by atoms with Gasteiger partial charge in [-0.3, -0.25) is 9.52 Å². The van der Waals surface area contributed by atoms with Gasteiger partial charge >= 0.3 is 0 Å². The number of benzene rings is 3. The molecule has 9 heteroatoms. The second-order valence-corrected chi connectivity index (χ2v) is 9.91. The van der Waals surface area contributed by atoms with Gasteiger partial charge in [0.2, 0.25) is 5.91 Å². The van der Waals surface area contributed by atoms with Gasteiger partial charge in [-0.1, -0.05) is 35.9 Å². The van der Waals surface area contributed by atoms with Gasteiger partial charge in [0.25, 0.3) is 10.0 Å². The number of anilines is 2. The van der Waals surface area contributed by atoms with Gasteiger partial charge in [0, 0.05) is 37.9 Å². The molecule has 1 aliphatic rings. The third-order valence-electron chi connectivity index (χ3n) is 5.53. The number of carbonyl (C=O) groups is 1. The molecule has 34 heavy (non-hydrogen) atoms. The van der Waals surface area contributed by atoms with Crippen LogP contribution in [0.1, 0.15) is 5.56 Å². The fraction of sp³-hybridized carbons (Fsp3) is 0.160. The summed E-state index contributed by atoms with van der Waals surface area (Å²) in [5.41, 5.74) is 2.04. The number of rotatable bonds is 6. The van der Waals surface area contributed by atoms with Crippen molar-refractivity contribution in [2.45, 2.75) is 4.90 Å². The Balaban J connectivity index is 1.34. The zero-order valence-corrected chi connectivity index (χ0v) is 19.8. The van der Waals surface area contributed by atoms with Gasteiger partial charge in [0.05, 0.1) is 15.6 Å². The van der Waals surface area contributed by atoms with Crippen molar-refractivity contribution >= 4 is 45.0 Å². The first-order valence-electron chi connectivity index (χ1n) is 10.7. The van der Waals surface area contributed by atoms with Crippen molar-refractivity contribution in [3.63, 3.8) is 0 Å². The number of hydrogen-bond donors (Lipinski definition) is 2. The third-order valence-corrected chi connectivity index (χ3v) is 7.24. The molecule has 3 aromatic rings. The smallest absolute Gasteiger partial charge is 0.261 e. The molecule has 0 atom stereocenters. The number of hydrogen-bond acceptors (Lipinski definition) is 5. The van der Waals surface area contributed by atoms with Crippen molar-refractivity contribution in [3.8, 4) is 5.75 Å². The molecule has 2 N–H and O–H groups in total. The van der Waals surface area contributed by atoms with Gasteiger partial charge in [-0.25, -0.2) is 8.42 Å². The average Bonchev–Trinajstić information content (AvgIpc) is 2.85. The molecule has 1 heterocycles. The van der Waals surface area contributed by atoms with Crippen LogP contribution in [0.2, 0.25) is 5.02 Å². The Morgan fingerprint density at radius 2 is 1.56 bits per heavy atom. The summed E-state index contributed by atoms with van der Waals surface area (Å²) in [6.45, 7) is 2.59. The third kappa shape index (κ3) is 5.70. The van der Waals surface area contributed by atoms with Gasteiger partial charge in [-0.15, -0.1) is 0 Å². The zero-order chi connectivity index (χ0) is 24.1. The van der Waals surface area contributed by atoms with E-state index < -0.39 is 10.0 Å². The Bertz CT molecular complexity index is 1280. The number of carbonyl (C=O) groups excluding carboxylic acids is 1. The van der Waals surface area contributed by atoms with Gasteiger partial charge in [0.1, 0.15) is 5.75 Å². The molecular formula is C25H24ClN3O4S. The van der Waals surface area contributed by atoms with Gasteiger partial charge in [-0.2, -0.15) is 0 Å². The second-order valence-electron chi connectivity index (χ2n) is 7.82. The fourth-order valence-electron chi connectivity index (χ4n) is 3.63. The monoisotopic (exact) mass is 497 g/mol. The van der Waals surface area contributed by atoms with E-state index in [1.54, 1.807) is 59.5 Å². The van der Waals surface area contributed by atoms with Crippen LogP contribution in [0.25, 0.3) is 6.08 Å². The summed E-state index contributed by atoms with van der Waals surface area (Å²) >= 11 is 6.04. The number of nitrogens with zero attached hydrogens (tertiary/aromatic N) is 2. The molecule has 7 nitrogen and oxygen atoms in total. The molecule has 0 aromatic heterocycles. The van der Waals surface area contributed by atoms with Crippen LogP contribution in [-0.4, -0.2) is 50.5 Å². The molecule has 1 fully saturated rings. The van der Waals surface area contributed by atoms with E-state index in [9.17, 15) is 18.3 Å². The summed E-state index contributed by atoms with van der Waals surface area (Å²) < 4.78 is 27.7. The standard InChI is InChI=1S/C25H24ClN3O4S/c26-23-3-1-2-4-24(23)27-34(32,33)22-12-5-19(6-13-22)7-14-25(31)29-17-15-28(16-18-29)20-8-10-21(30)11-9-20/h1-14,27,30H,15-18H2/b14-7+. The first-order chi connectivity index (χ1) is 16.3. The molecule has 1 saturated heterocycles. The van der Waals surface area contributed by atoms with E-state index in [-0.39, 0.29) is 16.6 Å². The summed E-state index contributed by atoms with van der Waals surface area (Å²) in [5, 5.41) is 9.74. The number of phenolic OH excluding ortho intramolecular Hbond substituents is 1. The summed E-state index contributed by atoms with van der Waals surface area (Å²) in [5.74, 6) is 0.132. The van der Waals surface area contributed by atoms with E-state index in [1.165, 1.54) is 18.2 Å². The van der Waals surface area contributed by atoms with Crippen molar-refractivity contribution in [1.29, 1.82) is 0 Å². The van der Waals surface area contributed by atoms with Crippen LogP contribution in [0, 0.1) is 0 Å². The van der Waals surface area contributed by atoms with E-state index in [1.807, 2.05) is 12.1 Å². The molecule has 3 aromatic carbocycles. The number of nitrogens with one attached hydrogen (secondary N) is 1. The van der Waals surface area contributed by atoms with Crippen molar-refractivity contribution in [1.82, 2.24) is 4.90 Å². The second kappa shape index (κ2) is 10.2. The summed E-state index contributed by atoms with van der Waals surface area (Å²) in [6.07, 6.45) is 3.17. The predicted octanol–water partition coefficient (Wildman–Crippen LogP) is 4.21. The highest BCUT2D eigenvalue weighted by atomic mass is 35.5. The van der Waals surface area contributed by atoms with E-state index in [2.05, 4.69) is 9.62 Å². The van der Waals surface area contributed by atoms with Gasteiger partial charge in [-0.05, 0) is 60.2 Å². The molecule has 0 radical (unpaired) electrons. The number of halogens is 1. The number of para-hydroxylation sites is 1. The van der Waals surface area contributed by atoms with Crippen molar-refractivity contribution < 1.29 is 18.3 Å². The molecule has 0 aliphatic carbocycles. The lowest BCUT2D eigenvalue weighted by atomic mass is 10.2. The quantitative estimate of drug-likeness (QED) is 0.498. The maximum atomic E-state index is 12.6. The lowest BCUT2D eigenvalue weighted by molar-refractivity contribution is -0.126. The Kier molecular flexibility index (Phi) is 7.09. The van der Waals surface area contributed by atoms with Crippen LogP contribution in [0.5, 0.6) is 5.75 Å². The Morgan fingerprint density at radius 3 is 2.21 bits per heavy atom. The van der Waals surface area contributed by atoms with Crippen LogP contribution in [-0.2, 0) is 14.8 Å². The van der Waals surface area contributed by atoms with E-state index in [0.29, 0.717) is 42.5 Å². The van der Waals surface area contributed by atoms with Crippen LogP contribution in [0.15, 0.2) is 83.8 Å². The summed E-state index contributed by atoms with van der Waals surface area (Å²) in [7, 11) is -3.78. The van der Waals surface area contributed by atoms with E-state index >= 15 is 0 Å². The molecule has 1 amide bonds. The molecule has 1 aliphatic heterocycles. The van der Waals surface area contributed by atoms with E-state index in [4.69, 9.17) is 11.6 Å². The Labute approximate surface area is 203 Å². The normalized spacial score (nSPS) is 14.4. The topological polar surface area (TPSA) is 90.0 Å². The minimum atomic E-state index is -3.78. The first kappa shape index (κ1) is 23.7. The molecule has 0 saturated carbocycles. The number of amides is 1. The summed E-state index contributed by atoms with van der Waals surface area (Å²) in [6, 6.07) is 19.9. The van der Waals surface area contributed by atoms with Crippen molar-refractivity contribution in [2.24, 2.45) is 0 Å². The van der Waals surface area contributed by atoms with Gasteiger partial charge < -0.3 is 14.9 Å². The minimum absolute atomic E-state index is 0.0950. The number of piperazine rings is 1. The van der Waals surface area contributed by atoms with Crippen LogP contribution in [0.3, 0.4) is 0 Å². The molecular weight excluding hydrogens is 474 g/mol. The highest BCUT2D eigenvalue weighted by Gasteiger charge is 2.20. The first-order valence-corrected chi connectivity index (χ1v) is 12.6. The zero-order valence-electron chi connectivity index (χ0n) is 18.3.